The second-order valence-electron chi connectivity index (χ2n) is 5.26. The topological polar surface area (TPSA) is 106 Å². The van der Waals surface area contributed by atoms with Crippen LogP contribution in [-0.4, -0.2) is 37.8 Å². The lowest BCUT2D eigenvalue weighted by molar-refractivity contribution is 0.0324. The fraction of sp³-hybridized carbons (Fsp3) is 0.286. The molecule has 0 radical (unpaired) electrons. The number of tetrazole rings is 1. The van der Waals surface area contributed by atoms with Gasteiger partial charge in [-0.25, -0.2) is 0 Å². The van der Waals surface area contributed by atoms with Crippen LogP contribution < -0.4 is 5.32 Å². The molecule has 2 N–H and O–H groups in total. The summed E-state index contributed by atoms with van der Waals surface area (Å²) in [5, 5.41) is 25.8. The Morgan fingerprint density at radius 2 is 2.30 bits per heavy atom. The molecule has 23 heavy (non-hydrogen) atoms. The van der Waals surface area contributed by atoms with Crippen molar-refractivity contribution in [1.82, 2.24) is 25.5 Å². The zero-order chi connectivity index (χ0) is 16.4. The molecule has 0 spiro atoms. The van der Waals surface area contributed by atoms with Crippen LogP contribution in [0.2, 0.25) is 0 Å². The van der Waals surface area contributed by atoms with Crippen molar-refractivity contribution in [2.24, 2.45) is 0 Å². The van der Waals surface area contributed by atoms with Crippen LogP contribution in [0.15, 0.2) is 34.3 Å². The molecule has 3 aromatic heterocycles. The van der Waals surface area contributed by atoms with Crippen molar-refractivity contribution in [3.8, 4) is 5.69 Å². The maximum Gasteiger partial charge on any atom is 0.263 e. The first-order valence-electron chi connectivity index (χ1n) is 6.86. The van der Waals surface area contributed by atoms with Crippen LogP contribution in [0.1, 0.15) is 28.1 Å². The minimum absolute atomic E-state index is 0.0196. The summed E-state index contributed by atoms with van der Waals surface area (Å²) < 4.78 is 6.84. The van der Waals surface area contributed by atoms with Gasteiger partial charge in [-0.2, -0.15) is 4.68 Å². The van der Waals surface area contributed by atoms with E-state index in [-0.39, 0.29) is 12.5 Å². The molecule has 3 aromatic rings. The number of rotatable bonds is 5. The van der Waals surface area contributed by atoms with Gasteiger partial charge in [-0.15, -0.1) is 16.4 Å². The molecular formula is C14H15N5O3S. The third-order valence-electron chi connectivity index (χ3n) is 3.31. The molecule has 9 heteroatoms. The average molecular weight is 333 g/mol. The van der Waals surface area contributed by atoms with Crippen molar-refractivity contribution < 1.29 is 14.3 Å². The molecule has 0 saturated carbocycles. The number of nitrogens with zero attached hydrogens (tertiary/aromatic N) is 4. The zero-order valence-electron chi connectivity index (χ0n) is 12.6. The lowest BCUT2D eigenvalue weighted by Gasteiger charge is -2.21. The van der Waals surface area contributed by atoms with Gasteiger partial charge in [-0.3, -0.25) is 4.79 Å². The lowest BCUT2D eigenvalue weighted by Crippen LogP contribution is -2.38. The highest BCUT2D eigenvalue weighted by molar-refractivity contribution is 7.12. The number of aliphatic hydroxyl groups is 1. The van der Waals surface area contributed by atoms with E-state index in [0.29, 0.717) is 22.1 Å². The Morgan fingerprint density at radius 1 is 1.48 bits per heavy atom. The molecule has 0 aromatic carbocycles. The number of nitrogens with one attached hydrogen (secondary N) is 1. The van der Waals surface area contributed by atoms with Gasteiger partial charge in [0.25, 0.3) is 5.91 Å². The van der Waals surface area contributed by atoms with E-state index in [4.69, 9.17) is 4.42 Å². The van der Waals surface area contributed by atoms with Gasteiger partial charge < -0.3 is 14.8 Å². The second kappa shape index (κ2) is 5.94. The van der Waals surface area contributed by atoms with Crippen molar-refractivity contribution in [1.29, 1.82) is 0 Å². The van der Waals surface area contributed by atoms with Gasteiger partial charge in [-0.05, 0) is 47.9 Å². The Hall–Kier alpha value is -2.52. The molecule has 8 nitrogen and oxygen atoms in total. The highest BCUT2D eigenvalue weighted by Crippen LogP contribution is 2.23. The molecule has 3 rings (SSSR count). The van der Waals surface area contributed by atoms with Crippen molar-refractivity contribution in [3.05, 3.63) is 46.3 Å². The summed E-state index contributed by atoms with van der Waals surface area (Å²) in [6.07, 6.45) is 1.42. The summed E-state index contributed by atoms with van der Waals surface area (Å²) in [5.74, 6) is 0.794. The van der Waals surface area contributed by atoms with E-state index < -0.39 is 5.60 Å². The molecule has 120 valence electrons. The third-order valence-corrected chi connectivity index (χ3v) is 4.21. The van der Waals surface area contributed by atoms with Gasteiger partial charge in [0.05, 0.1) is 12.2 Å². The van der Waals surface area contributed by atoms with Crippen LogP contribution >= 0.6 is 11.3 Å². The van der Waals surface area contributed by atoms with Gasteiger partial charge >= 0.3 is 0 Å². The van der Waals surface area contributed by atoms with Crippen LogP contribution in [0.25, 0.3) is 5.69 Å². The molecule has 0 aliphatic heterocycles. The van der Waals surface area contributed by atoms with Crippen molar-refractivity contribution in [2.45, 2.75) is 19.4 Å². The highest BCUT2D eigenvalue weighted by atomic mass is 32.1. The summed E-state index contributed by atoms with van der Waals surface area (Å²) >= 11 is 1.27. The maximum atomic E-state index is 12.4. The van der Waals surface area contributed by atoms with E-state index in [9.17, 15) is 9.90 Å². The van der Waals surface area contributed by atoms with Crippen molar-refractivity contribution >= 4 is 17.2 Å². The number of aryl methyl sites for hydroxylation is 1. The van der Waals surface area contributed by atoms with Crippen molar-refractivity contribution in [3.63, 3.8) is 0 Å². The van der Waals surface area contributed by atoms with Crippen molar-refractivity contribution in [2.75, 3.05) is 6.54 Å². The minimum atomic E-state index is -1.30. The number of thiophene rings is 1. The highest BCUT2D eigenvalue weighted by Gasteiger charge is 2.28. The zero-order valence-corrected chi connectivity index (χ0v) is 13.4. The summed E-state index contributed by atoms with van der Waals surface area (Å²) in [6.45, 7) is 3.40. The minimum Gasteiger partial charge on any atom is -0.463 e. The van der Waals surface area contributed by atoms with Crippen LogP contribution in [0.3, 0.4) is 0 Å². The molecule has 0 bridgehead atoms. The fourth-order valence-electron chi connectivity index (χ4n) is 2.07. The van der Waals surface area contributed by atoms with E-state index >= 15 is 0 Å². The Morgan fingerprint density at radius 3 is 2.96 bits per heavy atom. The number of carbonyl (C=O) groups excluding carboxylic acids is 1. The number of amides is 1. The first-order valence-corrected chi connectivity index (χ1v) is 7.74. The normalized spacial score (nSPS) is 13.7. The Labute approximate surface area is 135 Å². The fourth-order valence-corrected chi connectivity index (χ4v) is 2.86. The van der Waals surface area contributed by atoms with Gasteiger partial charge in [0.2, 0.25) is 0 Å². The number of furan rings is 1. The van der Waals surface area contributed by atoms with Gasteiger partial charge in [0.15, 0.2) is 0 Å². The van der Waals surface area contributed by atoms with Gasteiger partial charge in [0, 0.05) is 0 Å². The molecule has 0 saturated heterocycles. The quantitative estimate of drug-likeness (QED) is 0.728. The first-order chi connectivity index (χ1) is 11.0. The second-order valence-corrected chi connectivity index (χ2v) is 6.17. The monoisotopic (exact) mass is 333 g/mol. The molecule has 0 aliphatic rings. The average Bonchev–Trinajstić information content (AvgIpc) is 3.24. The van der Waals surface area contributed by atoms with Gasteiger partial charge in [-0.1, -0.05) is 0 Å². The molecule has 1 atom stereocenters. The summed E-state index contributed by atoms with van der Waals surface area (Å²) in [7, 11) is 0. The molecule has 0 unspecified atom stereocenters. The summed E-state index contributed by atoms with van der Waals surface area (Å²) in [6, 6.07) is 5.21. The Balaban J connectivity index is 1.72. The standard InChI is InChI=1S/C14H15N5O3S/c1-9-3-4-11(22-9)14(2,21)7-15-13(20)12-10(5-6-23-12)19-8-16-17-18-19/h3-6,8,21H,7H2,1-2H3,(H,15,20)/t14-/m1/s1. The van der Waals surface area contributed by atoms with Gasteiger partial charge in [0.1, 0.15) is 28.3 Å². The van der Waals surface area contributed by atoms with Crippen LogP contribution in [0.4, 0.5) is 0 Å². The smallest absolute Gasteiger partial charge is 0.263 e. The van der Waals surface area contributed by atoms with E-state index in [0.717, 1.165) is 0 Å². The van der Waals surface area contributed by atoms with E-state index in [1.165, 1.54) is 22.3 Å². The SMILES string of the molecule is Cc1ccc([C@](C)(O)CNC(=O)c2sccc2-n2cnnn2)o1. The molecule has 0 fully saturated rings. The van der Waals surface area contributed by atoms with E-state index in [1.807, 2.05) is 0 Å². The number of aromatic nitrogens is 4. The van der Waals surface area contributed by atoms with E-state index in [1.54, 1.807) is 37.4 Å². The van der Waals surface area contributed by atoms with E-state index in [2.05, 4.69) is 20.8 Å². The lowest BCUT2D eigenvalue weighted by atomic mass is 10.0. The van der Waals surface area contributed by atoms with Crippen LogP contribution in [0.5, 0.6) is 0 Å². The molecular weight excluding hydrogens is 318 g/mol. The largest absolute Gasteiger partial charge is 0.463 e. The third kappa shape index (κ3) is 3.15. The molecule has 3 heterocycles. The number of carbonyl (C=O) groups is 1. The molecule has 0 aliphatic carbocycles. The predicted octanol–water partition coefficient (Wildman–Crippen LogP) is 1.26. The summed E-state index contributed by atoms with van der Waals surface area (Å²) in [4.78, 5) is 12.8. The Kier molecular flexibility index (Phi) is 3.97. The maximum absolute atomic E-state index is 12.4. The first kappa shape index (κ1) is 15.4. The van der Waals surface area contributed by atoms with Crippen LogP contribution in [0, 0.1) is 6.92 Å². The molecule has 1 amide bonds. The summed E-state index contributed by atoms with van der Waals surface area (Å²) in [5.41, 5.74) is -0.707. The number of hydrogen-bond acceptors (Lipinski definition) is 7. The number of hydrogen-bond donors (Lipinski definition) is 2. The Bertz CT molecular complexity index is 806. The predicted molar refractivity (Wildman–Crippen MR) is 82.4 cm³/mol. The van der Waals surface area contributed by atoms with Crippen LogP contribution in [-0.2, 0) is 5.60 Å².